The van der Waals surface area contributed by atoms with Gasteiger partial charge in [-0.3, -0.25) is 10.00 Å². The van der Waals surface area contributed by atoms with E-state index in [2.05, 4.69) is 23.3 Å². The van der Waals surface area contributed by atoms with Gasteiger partial charge in [-0.05, 0) is 19.0 Å². The van der Waals surface area contributed by atoms with Crippen molar-refractivity contribution in [1.82, 2.24) is 15.1 Å². The summed E-state index contributed by atoms with van der Waals surface area (Å²) >= 11 is 0. The number of aromatic nitrogens is 2. The van der Waals surface area contributed by atoms with E-state index in [1.165, 1.54) is 0 Å². The van der Waals surface area contributed by atoms with E-state index in [9.17, 15) is 0 Å². The molecule has 1 aromatic rings. The highest BCUT2D eigenvalue weighted by atomic mass is 15.3. The number of nitrogens with one attached hydrogen (secondary N) is 1. The maximum absolute atomic E-state index is 5.39. The Bertz CT molecular complexity index is 295. The Morgan fingerprint density at radius 3 is 3.00 bits per heavy atom. The molecule has 1 aromatic heterocycles. The SMILES string of the molecule is C#CC(NCCC)c1ccn(C)n1. The molecule has 13 heavy (non-hydrogen) atoms. The second kappa shape index (κ2) is 4.68. The van der Waals surface area contributed by atoms with Crippen molar-refractivity contribution in [3.05, 3.63) is 18.0 Å². The van der Waals surface area contributed by atoms with Gasteiger partial charge in [0.25, 0.3) is 0 Å². The lowest BCUT2D eigenvalue weighted by Gasteiger charge is -2.08. The standard InChI is InChI=1S/C10H15N3/c1-4-7-11-9(5-2)10-6-8-13(3)12-10/h2,6,8-9,11H,4,7H2,1,3H3. The van der Waals surface area contributed by atoms with Crippen molar-refractivity contribution in [2.45, 2.75) is 19.4 Å². The Kier molecular flexibility index (Phi) is 3.53. The molecule has 1 N–H and O–H groups in total. The highest BCUT2D eigenvalue weighted by molar-refractivity contribution is 5.16. The highest BCUT2D eigenvalue weighted by Crippen LogP contribution is 2.07. The summed E-state index contributed by atoms with van der Waals surface area (Å²) in [6.07, 6.45) is 8.36. The molecule has 0 aliphatic heterocycles. The molecule has 0 fully saturated rings. The smallest absolute Gasteiger partial charge is 0.113 e. The quantitative estimate of drug-likeness (QED) is 0.698. The fraction of sp³-hybridized carbons (Fsp3) is 0.500. The Morgan fingerprint density at radius 2 is 2.54 bits per heavy atom. The van der Waals surface area contributed by atoms with E-state index < -0.39 is 0 Å². The van der Waals surface area contributed by atoms with Gasteiger partial charge < -0.3 is 0 Å². The van der Waals surface area contributed by atoms with Gasteiger partial charge in [0.1, 0.15) is 6.04 Å². The van der Waals surface area contributed by atoms with Crippen LogP contribution in [0.15, 0.2) is 12.3 Å². The van der Waals surface area contributed by atoms with Gasteiger partial charge in [0.15, 0.2) is 0 Å². The zero-order valence-electron chi connectivity index (χ0n) is 8.12. The molecule has 0 saturated carbocycles. The van der Waals surface area contributed by atoms with Crippen LogP contribution in [0.2, 0.25) is 0 Å². The Labute approximate surface area is 79.1 Å². The second-order valence-corrected chi connectivity index (χ2v) is 2.97. The van der Waals surface area contributed by atoms with Crippen LogP contribution in [0.3, 0.4) is 0 Å². The predicted octanol–water partition coefficient (Wildman–Crippen LogP) is 1.09. The van der Waals surface area contributed by atoms with Crippen LogP contribution in [0.5, 0.6) is 0 Å². The summed E-state index contributed by atoms with van der Waals surface area (Å²) in [6, 6.07) is 1.88. The van der Waals surface area contributed by atoms with Crippen LogP contribution in [-0.4, -0.2) is 16.3 Å². The molecule has 1 unspecified atom stereocenters. The molecule has 0 aromatic carbocycles. The molecule has 0 saturated heterocycles. The van der Waals surface area contributed by atoms with Crippen LogP contribution in [0.25, 0.3) is 0 Å². The van der Waals surface area contributed by atoms with E-state index >= 15 is 0 Å². The van der Waals surface area contributed by atoms with E-state index in [1.807, 2.05) is 19.3 Å². The van der Waals surface area contributed by atoms with E-state index in [0.717, 1.165) is 18.7 Å². The minimum atomic E-state index is -0.0545. The first-order valence-corrected chi connectivity index (χ1v) is 4.47. The van der Waals surface area contributed by atoms with Gasteiger partial charge >= 0.3 is 0 Å². The average Bonchev–Trinajstić information content (AvgIpc) is 2.54. The van der Waals surface area contributed by atoms with Crippen LogP contribution >= 0.6 is 0 Å². The third-order valence-corrected chi connectivity index (χ3v) is 1.80. The lowest BCUT2D eigenvalue weighted by atomic mass is 10.2. The molecule has 0 aliphatic rings. The van der Waals surface area contributed by atoms with E-state index in [-0.39, 0.29) is 6.04 Å². The van der Waals surface area contributed by atoms with Crippen molar-refractivity contribution in [3.63, 3.8) is 0 Å². The highest BCUT2D eigenvalue weighted by Gasteiger charge is 2.08. The summed E-state index contributed by atoms with van der Waals surface area (Å²) in [5.41, 5.74) is 0.915. The first kappa shape index (κ1) is 9.82. The summed E-state index contributed by atoms with van der Waals surface area (Å²) in [7, 11) is 1.89. The molecule has 70 valence electrons. The van der Waals surface area contributed by atoms with Gasteiger partial charge in [0.2, 0.25) is 0 Å². The third-order valence-electron chi connectivity index (χ3n) is 1.80. The number of hydrogen-bond donors (Lipinski definition) is 1. The number of nitrogens with zero attached hydrogens (tertiary/aromatic N) is 2. The normalized spacial score (nSPS) is 12.4. The maximum atomic E-state index is 5.39. The summed E-state index contributed by atoms with van der Waals surface area (Å²) in [5.74, 6) is 2.68. The molecule has 0 spiro atoms. The zero-order chi connectivity index (χ0) is 9.68. The van der Waals surface area contributed by atoms with Crippen LogP contribution in [-0.2, 0) is 7.05 Å². The minimum Gasteiger partial charge on any atom is -0.299 e. The van der Waals surface area contributed by atoms with Crippen molar-refractivity contribution in [3.8, 4) is 12.3 Å². The van der Waals surface area contributed by atoms with Gasteiger partial charge in [0.05, 0.1) is 5.69 Å². The van der Waals surface area contributed by atoms with Crippen molar-refractivity contribution in [2.24, 2.45) is 7.05 Å². The van der Waals surface area contributed by atoms with Crippen LogP contribution in [0.4, 0.5) is 0 Å². The molecule has 0 radical (unpaired) electrons. The molecule has 0 amide bonds. The summed E-state index contributed by atoms with van der Waals surface area (Å²) < 4.78 is 1.76. The fourth-order valence-corrected chi connectivity index (χ4v) is 1.12. The largest absolute Gasteiger partial charge is 0.299 e. The molecule has 1 rings (SSSR count). The molecule has 1 atom stereocenters. The van der Waals surface area contributed by atoms with E-state index in [0.29, 0.717) is 0 Å². The molecule has 3 heteroatoms. The van der Waals surface area contributed by atoms with Crippen molar-refractivity contribution in [2.75, 3.05) is 6.54 Å². The Balaban J connectivity index is 2.63. The van der Waals surface area contributed by atoms with Gasteiger partial charge in [-0.15, -0.1) is 6.42 Å². The second-order valence-electron chi connectivity index (χ2n) is 2.97. The van der Waals surface area contributed by atoms with Crippen LogP contribution in [0.1, 0.15) is 25.1 Å². The molecule has 1 heterocycles. The van der Waals surface area contributed by atoms with E-state index in [4.69, 9.17) is 6.42 Å². The first-order chi connectivity index (χ1) is 6.27. The van der Waals surface area contributed by atoms with Crippen LogP contribution < -0.4 is 5.32 Å². The fourth-order valence-electron chi connectivity index (χ4n) is 1.12. The predicted molar refractivity (Wildman–Crippen MR) is 53.1 cm³/mol. The van der Waals surface area contributed by atoms with Crippen molar-refractivity contribution >= 4 is 0 Å². The topological polar surface area (TPSA) is 29.9 Å². The lowest BCUT2D eigenvalue weighted by molar-refractivity contribution is 0.601. The number of rotatable bonds is 4. The molecule has 0 bridgehead atoms. The summed E-state index contributed by atoms with van der Waals surface area (Å²) in [5, 5.41) is 7.48. The number of hydrogen-bond acceptors (Lipinski definition) is 2. The molecular formula is C10H15N3. The number of terminal acetylenes is 1. The maximum Gasteiger partial charge on any atom is 0.113 e. The zero-order valence-corrected chi connectivity index (χ0v) is 8.12. The molecule has 3 nitrogen and oxygen atoms in total. The monoisotopic (exact) mass is 177 g/mol. The Morgan fingerprint density at radius 1 is 1.77 bits per heavy atom. The Hall–Kier alpha value is -1.27. The summed E-state index contributed by atoms with van der Waals surface area (Å²) in [4.78, 5) is 0. The van der Waals surface area contributed by atoms with Crippen LogP contribution in [0, 0.1) is 12.3 Å². The van der Waals surface area contributed by atoms with Crippen molar-refractivity contribution < 1.29 is 0 Å². The number of aryl methyl sites for hydroxylation is 1. The molecular weight excluding hydrogens is 162 g/mol. The van der Waals surface area contributed by atoms with Gasteiger partial charge in [0, 0.05) is 13.2 Å². The van der Waals surface area contributed by atoms with Gasteiger partial charge in [-0.25, -0.2) is 0 Å². The van der Waals surface area contributed by atoms with Crippen molar-refractivity contribution in [1.29, 1.82) is 0 Å². The van der Waals surface area contributed by atoms with E-state index in [1.54, 1.807) is 4.68 Å². The minimum absolute atomic E-state index is 0.0545. The third kappa shape index (κ3) is 2.60. The molecule has 0 aliphatic carbocycles. The average molecular weight is 177 g/mol. The van der Waals surface area contributed by atoms with Gasteiger partial charge in [-0.2, -0.15) is 5.10 Å². The lowest BCUT2D eigenvalue weighted by Crippen LogP contribution is -2.21. The van der Waals surface area contributed by atoms with Gasteiger partial charge in [-0.1, -0.05) is 12.8 Å². The first-order valence-electron chi connectivity index (χ1n) is 4.47. The summed E-state index contributed by atoms with van der Waals surface area (Å²) in [6.45, 7) is 3.03.